The minimum atomic E-state index is 0.244. The van der Waals surface area contributed by atoms with Gasteiger partial charge in [-0.25, -0.2) is 0 Å². The lowest BCUT2D eigenvalue weighted by Crippen LogP contribution is -1.96. The van der Waals surface area contributed by atoms with Gasteiger partial charge in [0.1, 0.15) is 0 Å². The van der Waals surface area contributed by atoms with Crippen molar-refractivity contribution < 1.29 is 4.79 Å². The summed E-state index contributed by atoms with van der Waals surface area (Å²) in [6.07, 6.45) is 0. The van der Waals surface area contributed by atoms with Gasteiger partial charge in [0.2, 0.25) is 0 Å². The Hall–Kier alpha value is -0.930. The summed E-state index contributed by atoms with van der Waals surface area (Å²) in [5, 5.41) is 0. The second kappa shape index (κ2) is 3.05. The summed E-state index contributed by atoms with van der Waals surface area (Å²) in [6.45, 7) is 8.33. The Bertz CT molecular complexity index is 575. The number of rotatable bonds is 0. The highest BCUT2D eigenvalue weighted by Crippen LogP contribution is 2.49. The average Bonchev–Trinajstić information content (AvgIpc) is 2.74. The van der Waals surface area contributed by atoms with Crippen molar-refractivity contribution >= 4 is 28.5 Å². The third-order valence-electron chi connectivity index (χ3n) is 3.22. The Labute approximate surface area is 103 Å². The number of hydrogen-bond acceptors (Lipinski definition) is 3. The zero-order valence-electron chi connectivity index (χ0n) is 9.72. The van der Waals surface area contributed by atoms with Crippen LogP contribution in [0.1, 0.15) is 35.4 Å². The molecule has 2 aromatic rings. The molecule has 1 nitrogen and oxygen atoms in total. The number of ketones is 1. The lowest BCUT2D eigenvalue weighted by Gasteiger charge is -1.95. The maximum Gasteiger partial charge on any atom is 0.196 e. The van der Waals surface area contributed by atoms with Gasteiger partial charge in [0.25, 0.3) is 0 Å². The SMILES string of the molecule is Cc1sc(C)c2c1C(=O)c1c(C)sc(C)c1-2. The quantitative estimate of drug-likeness (QED) is 0.581. The van der Waals surface area contributed by atoms with Crippen molar-refractivity contribution in [2.75, 3.05) is 0 Å². The van der Waals surface area contributed by atoms with Gasteiger partial charge in [-0.2, -0.15) is 0 Å². The molecule has 0 atom stereocenters. The number of hydrogen-bond donors (Lipinski definition) is 0. The van der Waals surface area contributed by atoms with Crippen LogP contribution in [0.2, 0.25) is 0 Å². The molecule has 0 bridgehead atoms. The third-order valence-corrected chi connectivity index (χ3v) is 5.27. The van der Waals surface area contributed by atoms with Crippen molar-refractivity contribution in [1.82, 2.24) is 0 Å². The average molecular weight is 248 g/mol. The first-order chi connectivity index (χ1) is 7.52. The zero-order valence-corrected chi connectivity index (χ0v) is 11.4. The number of aryl methyl sites for hydroxylation is 4. The monoisotopic (exact) mass is 248 g/mol. The van der Waals surface area contributed by atoms with Gasteiger partial charge in [0, 0.05) is 41.8 Å². The molecule has 0 aliphatic heterocycles. The summed E-state index contributed by atoms with van der Waals surface area (Å²) >= 11 is 3.48. The lowest BCUT2D eigenvalue weighted by atomic mass is 10.1. The molecule has 1 aliphatic rings. The van der Waals surface area contributed by atoms with Gasteiger partial charge in [-0.1, -0.05) is 0 Å². The van der Waals surface area contributed by atoms with Gasteiger partial charge in [-0.05, 0) is 27.7 Å². The van der Waals surface area contributed by atoms with Crippen LogP contribution in [0.25, 0.3) is 11.1 Å². The van der Waals surface area contributed by atoms with Gasteiger partial charge in [-0.15, -0.1) is 22.7 Å². The highest BCUT2D eigenvalue weighted by Gasteiger charge is 2.35. The van der Waals surface area contributed by atoms with Gasteiger partial charge in [-0.3, -0.25) is 4.79 Å². The molecule has 0 unspecified atom stereocenters. The van der Waals surface area contributed by atoms with E-state index >= 15 is 0 Å². The molecule has 0 fully saturated rings. The molecule has 1 aliphatic carbocycles. The van der Waals surface area contributed by atoms with Gasteiger partial charge >= 0.3 is 0 Å². The predicted molar refractivity (Wildman–Crippen MR) is 70.0 cm³/mol. The maximum absolute atomic E-state index is 12.4. The van der Waals surface area contributed by atoms with Crippen molar-refractivity contribution in [2.45, 2.75) is 27.7 Å². The first-order valence-electron chi connectivity index (χ1n) is 5.27. The molecular weight excluding hydrogens is 236 g/mol. The van der Waals surface area contributed by atoms with Crippen molar-refractivity contribution in [1.29, 1.82) is 0 Å². The molecular formula is C13H12OS2. The molecule has 0 radical (unpaired) electrons. The second-order valence-electron chi connectivity index (χ2n) is 4.26. The smallest absolute Gasteiger partial charge is 0.196 e. The number of carbonyl (C=O) groups excluding carboxylic acids is 1. The minimum Gasteiger partial charge on any atom is -0.288 e. The summed E-state index contributed by atoms with van der Waals surface area (Å²) in [5.41, 5.74) is 4.35. The summed E-state index contributed by atoms with van der Waals surface area (Å²) in [4.78, 5) is 17.3. The van der Waals surface area contributed by atoms with Crippen LogP contribution >= 0.6 is 22.7 Å². The van der Waals surface area contributed by atoms with Crippen LogP contribution in [-0.4, -0.2) is 5.78 Å². The Balaban J connectivity index is 2.48. The van der Waals surface area contributed by atoms with E-state index in [1.165, 1.54) is 20.9 Å². The van der Waals surface area contributed by atoms with Crippen LogP contribution < -0.4 is 0 Å². The molecule has 0 amide bonds. The molecule has 0 N–H and O–H groups in total. The molecule has 0 saturated carbocycles. The van der Waals surface area contributed by atoms with E-state index in [2.05, 4.69) is 13.8 Å². The zero-order chi connectivity index (χ0) is 11.6. The van der Waals surface area contributed by atoms with Crippen molar-refractivity contribution in [3.05, 3.63) is 30.6 Å². The topological polar surface area (TPSA) is 17.1 Å². The summed E-state index contributed by atoms with van der Waals surface area (Å²) in [6, 6.07) is 0. The largest absolute Gasteiger partial charge is 0.288 e. The summed E-state index contributed by atoms with van der Waals surface area (Å²) < 4.78 is 0. The molecule has 82 valence electrons. The Kier molecular flexibility index (Phi) is 1.95. The fourth-order valence-electron chi connectivity index (χ4n) is 2.64. The van der Waals surface area contributed by atoms with Crippen LogP contribution in [0, 0.1) is 27.7 Å². The van der Waals surface area contributed by atoms with Crippen molar-refractivity contribution in [3.8, 4) is 11.1 Å². The Morgan fingerprint density at radius 3 is 1.31 bits per heavy atom. The number of carbonyl (C=O) groups is 1. The molecule has 3 heteroatoms. The van der Waals surface area contributed by atoms with Gasteiger partial charge in [0.05, 0.1) is 0 Å². The van der Waals surface area contributed by atoms with Crippen LogP contribution in [0.4, 0.5) is 0 Å². The second-order valence-corrected chi connectivity index (χ2v) is 7.12. The summed E-state index contributed by atoms with van der Waals surface area (Å²) in [5.74, 6) is 0.244. The van der Waals surface area contributed by atoms with Gasteiger partial charge in [0.15, 0.2) is 5.78 Å². The van der Waals surface area contributed by atoms with E-state index in [0.717, 1.165) is 20.9 Å². The van der Waals surface area contributed by atoms with E-state index in [0.29, 0.717) is 0 Å². The third kappa shape index (κ3) is 1.03. The fraction of sp³-hybridized carbons (Fsp3) is 0.308. The van der Waals surface area contributed by atoms with E-state index in [-0.39, 0.29) is 5.78 Å². The molecule has 2 aromatic heterocycles. The standard InChI is InChI=1S/C13H12OS2/c1-5-9-10-6(2)16-8(4)12(10)13(14)11(9)7(3)15-5/h1-4H3. The molecule has 0 aromatic carbocycles. The van der Waals surface area contributed by atoms with Crippen LogP contribution in [0.5, 0.6) is 0 Å². The Morgan fingerprint density at radius 2 is 0.938 bits per heavy atom. The molecule has 0 saturated heterocycles. The highest BCUT2D eigenvalue weighted by molar-refractivity contribution is 7.14. The van der Waals surface area contributed by atoms with Crippen LogP contribution in [-0.2, 0) is 0 Å². The molecule has 16 heavy (non-hydrogen) atoms. The fourth-order valence-corrected chi connectivity index (χ4v) is 4.77. The number of thiophene rings is 2. The highest BCUT2D eigenvalue weighted by atomic mass is 32.1. The van der Waals surface area contributed by atoms with Gasteiger partial charge < -0.3 is 0 Å². The van der Waals surface area contributed by atoms with E-state index in [1.807, 2.05) is 13.8 Å². The summed E-state index contributed by atoms with van der Waals surface area (Å²) in [7, 11) is 0. The van der Waals surface area contributed by atoms with Crippen molar-refractivity contribution in [3.63, 3.8) is 0 Å². The first-order valence-corrected chi connectivity index (χ1v) is 6.90. The minimum absolute atomic E-state index is 0.244. The maximum atomic E-state index is 12.4. The predicted octanol–water partition coefficient (Wildman–Crippen LogP) is 4.25. The lowest BCUT2D eigenvalue weighted by molar-refractivity contribution is 0.104. The van der Waals surface area contributed by atoms with E-state index in [9.17, 15) is 4.79 Å². The van der Waals surface area contributed by atoms with Crippen LogP contribution in [0.15, 0.2) is 0 Å². The normalized spacial score (nSPS) is 13.1. The molecule has 3 rings (SSSR count). The Morgan fingerprint density at radius 1 is 0.625 bits per heavy atom. The molecule has 0 spiro atoms. The first kappa shape index (κ1) is 10.2. The van der Waals surface area contributed by atoms with E-state index in [4.69, 9.17) is 0 Å². The molecule has 2 heterocycles. The van der Waals surface area contributed by atoms with E-state index in [1.54, 1.807) is 22.7 Å². The van der Waals surface area contributed by atoms with Crippen LogP contribution in [0.3, 0.4) is 0 Å². The van der Waals surface area contributed by atoms with Crippen molar-refractivity contribution in [2.24, 2.45) is 0 Å². The van der Waals surface area contributed by atoms with E-state index < -0.39 is 0 Å². The number of fused-ring (bicyclic) bond motifs is 3.